The molecule has 0 bridgehead atoms. The summed E-state index contributed by atoms with van der Waals surface area (Å²) < 4.78 is 9.86. The van der Waals surface area contributed by atoms with E-state index in [1.54, 1.807) is 7.11 Å². The van der Waals surface area contributed by atoms with Crippen LogP contribution in [0.4, 0.5) is 0 Å². The Kier molecular flexibility index (Phi) is 2.62. The monoisotopic (exact) mass is 146 g/mol. The molecule has 1 aliphatic rings. The molecule has 2 unspecified atom stereocenters. The topological polar surface area (TPSA) is 64.7 Å². The Hall–Kier alpha value is -0.160. The molecule has 4 nitrogen and oxygen atoms in total. The van der Waals surface area contributed by atoms with Crippen molar-refractivity contribution in [3.8, 4) is 0 Å². The highest BCUT2D eigenvalue weighted by Crippen LogP contribution is 2.22. The Morgan fingerprint density at radius 3 is 3.00 bits per heavy atom. The van der Waals surface area contributed by atoms with E-state index in [-0.39, 0.29) is 18.4 Å². The first-order chi connectivity index (χ1) is 4.74. The summed E-state index contributed by atoms with van der Waals surface area (Å²) in [6.45, 7) is 0.375. The fraction of sp³-hybridized carbons (Fsp3) is 0.833. The molecule has 1 aliphatic heterocycles. The first-order valence-corrected chi connectivity index (χ1v) is 3.18. The molecule has 0 amide bonds. The highest BCUT2D eigenvalue weighted by molar-refractivity contribution is 4.93. The highest BCUT2D eigenvalue weighted by atomic mass is 16.6. The van der Waals surface area contributed by atoms with Crippen molar-refractivity contribution in [3.05, 3.63) is 6.10 Å². The van der Waals surface area contributed by atoms with E-state index < -0.39 is 0 Å². The van der Waals surface area contributed by atoms with Gasteiger partial charge in [-0.2, -0.15) is 0 Å². The Morgan fingerprint density at radius 1 is 1.90 bits per heavy atom. The molecular formula is C6H12NO3. The van der Waals surface area contributed by atoms with Crippen molar-refractivity contribution >= 4 is 0 Å². The van der Waals surface area contributed by atoms with E-state index in [9.17, 15) is 0 Å². The van der Waals surface area contributed by atoms with Crippen LogP contribution < -0.4 is 5.73 Å². The van der Waals surface area contributed by atoms with E-state index in [1.165, 1.54) is 0 Å². The van der Waals surface area contributed by atoms with Gasteiger partial charge in [0.25, 0.3) is 0 Å². The molecule has 0 aromatic heterocycles. The molecule has 1 heterocycles. The normalized spacial score (nSPS) is 35.1. The summed E-state index contributed by atoms with van der Waals surface area (Å²) in [6, 6.07) is 0. The van der Waals surface area contributed by atoms with Crippen molar-refractivity contribution in [2.24, 2.45) is 5.73 Å². The van der Waals surface area contributed by atoms with E-state index in [0.717, 1.165) is 0 Å². The average molecular weight is 146 g/mol. The lowest BCUT2D eigenvalue weighted by Crippen LogP contribution is -2.23. The Labute approximate surface area is 59.9 Å². The van der Waals surface area contributed by atoms with Crippen molar-refractivity contribution in [1.82, 2.24) is 0 Å². The number of nitrogens with two attached hydrogens (primary N) is 1. The van der Waals surface area contributed by atoms with E-state index in [0.29, 0.717) is 13.0 Å². The summed E-state index contributed by atoms with van der Waals surface area (Å²) in [4.78, 5) is 0. The largest absolute Gasteiger partial charge is 0.384 e. The molecule has 3 N–H and O–H groups in total. The molecule has 0 aliphatic carbocycles. The molecule has 4 heteroatoms. The second kappa shape index (κ2) is 3.30. The number of methoxy groups -OCH3 is 1. The van der Waals surface area contributed by atoms with Crippen LogP contribution in [0.3, 0.4) is 0 Å². The minimum absolute atomic E-state index is 0.286. The average Bonchev–Trinajstić information content (AvgIpc) is 2.13. The summed E-state index contributed by atoms with van der Waals surface area (Å²) >= 11 is 0. The molecule has 2 atom stereocenters. The van der Waals surface area contributed by atoms with Crippen LogP contribution in [0, 0.1) is 6.10 Å². The summed E-state index contributed by atoms with van der Waals surface area (Å²) in [5.74, 6) is 0. The Balaban J connectivity index is 2.31. The van der Waals surface area contributed by atoms with Crippen LogP contribution in [0.25, 0.3) is 0 Å². The van der Waals surface area contributed by atoms with Gasteiger partial charge in [0.1, 0.15) is 18.4 Å². The lowest BCUT2D eigenvalue weighted by molar-refractivity contribution is -0.00884. The number of aliphatic hydroxyl groups is 1. The van der Waals surface area contributed by atoms with Crippen LogP contribution in [-0.2, 0) is 9.47 Å². The van der Waals surface area contributed by atoms with Crippen molar-refractivity contribution in [3.63, 3.8) is 0 Å². The molecule has 0 aromatic carbocycles. The third-order valence-corrected chi connectivity index (χ3v) is 1.44. The fourth-order valence-electron chi connectivity index (χ4n) is 0.962. The predicted molar refractivity (Wildman–Crippen MR) is 34.5 cm³/mol. The molecule has 0 aromatic rings. The first kappa shape index (κ1) is 7.94. The molecule has 1 rings (SSSR count). The van der Waals surface area contributed by atoms with E-state index >= 15 is 0 Å². The zero-order valence-electron chi connectivity index (χ0n) is 5.91. The number of hydrogen-bond acceptors (Lipinski definition) is 4. The van der Waals surface area contributed by atoms with Gasteiger partial charge in [0, 0.05) is 13.5 Å². The number of aliphatic hydroxyl groups excluding tert-OH is 1. The van der Waals surface area contributed by atoms with Crippen LogP contribution in [-0.4, -0.2) is 31.2 Å². The van der Waals surface area contributed by atoms with Gasteiger partial charge < -0.3 is 20.3 Å². The lowest BCUT2D eigenvalue weighted by atomic mass is 10.2. The molecule has 59 valence electrons. The Morgan fingerprint density at radius 2 is 2.60 bits per heavy atom. The zero-order chi connectivity index (χ0) is 7.56. The highest BCUT2D eigenvalue weighted by Gasteiger charge is 2.32. The molecule has 1 radical (unpaired) electrons. The van der Waals surface area contributed by atoms with Gasteiger partial charge in [0.15, 0.2) is 0 Å². The van der Waals surface area contributed by atoms with Gasteiger partial charge in [-0.25, -0.2) is 0 Å². The molecule has 0 spiro atoms. The third-order valence-electron chi connectivity index (χ3n) is 1.44. The minimum Gasteiger partial charge on any atom is -0.384 e. The van der Waals surface area contributed by atoms with Gasteiger partial charge in [-0.3, -0.25) is 0 Å². The summed E-state index contributed by atoms with van der Waals surface area (Å²) in [5, 5.41) is 9.12. The Bertz CT molecular complexity index is 109. The van der Waals surface area contributed by atoms with Crippen LogP contribution in [0.5, 0.6) is 0 Å². The molecule has 1 saturated heterocycles. The first-order valence-electron chi connectivity index (χ1n) is 3.18. The van der Waals surface area contributed by atoms with Crippen LogP contribution in [0.15, 0.2) is 0 Å². The van der Waals surface area contributed by atoms with Crippen LogP contribution >= 0.6 is 0 Å². The SMILES string of the molecule is COCC1OC(N)C[C]1O. The lowest BCUT2D eigenvalue weighted by Gasteiger charge is -2.10. The molecule has 10 heavy (non-hydrogen) atoms. The summed E-state index contributed by atoms with van der Waals surface area (Å²) in [7, 11) is 1.56. The molecular weight excluding hydrogens is 134 g/mol. The van der Waals surface area contributed by atoms with Gasteiger partial charge in [-0.1, -0.05) is 0 Å². The minimum atomic E-state index is -0.361. The quantitative estimate of drug-likeness (QED) is 0.557. The van der Waals surface area contributed by atoms with Gasteiger partial charge in [-0.15, -0.1) is 0 Å². The number of ether oxygens (including phenoxy) is 2. The van der Waals surface area contributed by atoms with Crippen molar-refractivity contribution < 1.29 is 14.6 Å². The van der Waals surface area contributed by atoms with E-state index in [2.05, 4.69) is 0 Å². The third kappa shape index (κ3) is 1.67. The standard InChI is InChI=1S/C6H12NO3/c1-9-3-5-4(8)2-6(7)10-5/h5-6,8H,2-3,7H2,1H3. The van der Waals surface area contributed by atoms with Gasteiger partial charge in [0.2, 0.25) is 0 Å². The van der Waals surface area contributed by atoms with Crippen molar-refractivity contribution in [2.75, 3.05) is 13.7 Å². The number of hydrogen-bond donors (Lipinski definition) is 2. The summed E-state index contributed by atoms with van der Waals surface area (Å²) in [6.07, 6.45) is 0.0306. The molecule has 0 saturated carbocycles. The van der Waals surface area contributed by atoms with Crippen molar-refractivity contribution in [2.45, 2.75) is 18.8 Å². The van der Waals surface area contributed by atoms with Crippen molar-refractivity contribution in [1.29, 1.82) is 0 Å². The number of rotatable bonds is 2. The van der Waals surface area contributed by atoms with Gasteiger partial charge in [-0.05, 0) is 0 Å². The maximum Gasteiger partial charge on any atom is 0.128 e. The predicted octanol–water partition coefficient (Wildman–Crippen LogP) is -0.389. The molecule has 1 fully saturated rings. The zero-order valence-corrected chi connectivity index (χ0v) is 5.91. The second-order valence-electron chi connectivity index (χ2n) is 2.31. The van der Waals surface area contributed by atoms with Gasteiger partial charge in [0.05, 0.1) is 6.61 Å². The second-order valence-corrected chi connectivity index (χ2v) is 2.31. The van der Waals surface area contributed by atoms with Gasteiger partial charge >= 0.3 is 0 Å². The smallest absolute Gasteiger partial charge is 0.128 e. The fourth-order valence-corrected chi connectivity index (χ4v) is 0.962. The maximum atomic E-state index is 9.12. The van der Waals surface area contributed by atoms with Crippen LogP contribution in [0.2, 0.25) is 0 Å². The maximum absolute atomic E-state index is 9.12. The van der Waals surface area contributed by atoms with E-state index in [4.69, 9.17) is 20.3 Å². The van der Waals surface area contributed by atoms with E-state index in [1.807, 2.05) is 0 Å². The summed E-state index contributed by atoms with van der Waals surface area (Å²) in [5.41, 5.74) is 5.39. The van der Waals surface area contributed by atoms with Crippen LogP contribution in [0.1, 0.15) is 6.42 Å².